The second kappa shape index (κ2) is 9.96. The predicted molar refractivity (Wildman–Crippen MR) is 124 cm³/mol. The molecule has 1 aromatic carbocycles. The van der Waals surface area contributed by atoms with Gasteiger partial charge < -0.3 is 19.5 Å². The van der Waals surface area contributed by atoms with Crippen LogP contribution in [0.15, 0.2) is 35.5 Å². The van der Waals surface area contributed by atoms with E-state index in [1.165, 1.54) is 23.8 Å². The van der Waals surface area contributed by atoms with Gasteiger partial charge in [0.1, 0.15) is 5.00 Å². The summed E-state index contributed by atoms with van der Waals surface area (Å²) in [6.07, 6.45) is 0. The molecule has 0 saturated carbocycles. The quantitative estimate of drug-likeness (QED) is 0.415. The molecule has 0 unspecified atom stereocenters. The number of hydrogen-bond donors (Lipinski definition) is 1. The largest absolute Gasteiger partial charge is 0.465 e. The fourth-order valence-corrected chi connectivity index (χ4v) is 4.87. The number of hydrogen-bond acceptors (Lipinski definition) is 8. The van der Waals surface area contributed by atoms with Crippen molar-refractivity contribution in [1.82, 2.24) is 19.7 Å². The van der Waals surface area contributed by atoms with Crippen molar-refractivity contribution in [3.8, 4) is 11.4 Å². The zero-order valence-electron chi connectivity index (χ0n) is 18.3. The smallest absolute Gasteiger partial charge is 0.341 e. The number of carbonyl (C=O) groups excluding carboxylic acids is 3. The number of ether oxygens (including phenoxy) is 1. The van der Waals surface area contributed by atoms with E-state index in [0.717, 1.165) is 16.9 Å². The van der Waals surface area contributed by atoms with Gasteiger partial charge in [-0.1, -0.05) is 42.1 Å². The van der Waals surface area contributed by atoms with E-state index in [0.29, 0.717) is 21.4 Å². The molecule has 0 aliphatic carbocycles. The molecule has 2 heterocycles. The first-order valence-electron chi connectivity index (χ1n) is 9.55. The first kappa shape index (κ1) is 23.5. The number of benzene rings is 1. The van der Waals surface area contributed by atoms with Crippen LogP contribution in [0, 0.1) is 6.92 Å². The van der Waals surface area contributed by atoms with Crippen molar-refractivity contribution in [2.45, 2.75) is 12.1 Å². The van der Waals surface area contributed by atoms with E-state index >= 15 is 0 Å². The molecular formula is C21H23N5O4S2. The Hall–Kier alpha value is -3.18. The number of methoxy groups -OCH3 is 1. The summed E-state index contributed by atoms with van der Waals surface area (Å²) < 4.78 is 6.66. The minimum Gasteiger partial charge on any atom is -0.465 e. The van der Waals surface area contributed by atoms with Crippen LogP contribution >= 0.6 is 23.1 Å². The number of amides is 2. The standard InChI is InChI=1S/C21H23N5O4S2/c1-12-15(20(29)30-5)18(32-16(12)19(28)25(2)3)22-14(27)11-31-21-24-23-17(26(21)4)13-9-7-6-8-10-13/h6-10H,11H2,1-5H3,(H,22,27). The van der Waals surface area contributed by atoms with Crippen molar-refractivity contribution < 1.29 is 19.1 Å². The third kappa shape index (κ3) is 4.83. The summed E-state index contributed by atoms with van der Waals surface area (Å²) in [7, 11) is 6.34. The van der Waals surface area contributed by atoms with Gasteiger partial charge in [0.2, 0.25) is 5.91 Å². The van der Waals surface area contributed by atoms with Gasteiger partial charge >= 0.3 is 5.97 Å². The fraction of sp³-hybridized carbons (Fsp3) is 0.286. The van der Waals surface area contributed by atoms with Gasteiger partial charge in [-0.15, -0.1) is 21.5 Å². The number of thioether (sulfide) groups is 1. The monoisotopic (exact) mass is 473 g/mol. The molecule has 0 atom stereocenters. The fourth-order valence-electron chi connectivity index (χ4n) is 2.93. The maximum Gasteiger partial charge on any atom is 0.341 e. The van der Waals surface area contributed by atoms with Crippen LogP contribution in [0.5, 0.6) is 0 Å². The highest BCUT2D eigenvalue weighted by Crippen LogP contribution is 2.34. The molecule has 0 aliphatic rings. The van der Waals surface area contributed by atoms with Crippen LogP contribution in [-0.4, -0.2) is 64.4 Å². The Balaban J connectivity index is 1.75. The number of thiophene rings is 1. The molecule has 3 aromatic rings. The van der Waals surface area contributed by atoms with E-state index in [2.05, 4.69) is 15.5 Å². The van der Waals surface area contributed by atoms with E-state index < -0.39 is 5.97 Å². The topological polar surface area (TPSA) is 106 Å². The number of rotatable bonds is 7. The minimum atomic E-state index is -0.611. The molecule has 0 aliphatic heterocycles. The van der Waals surface area contributed by atoms with Gasteiger partial charge in [-0.2, -0.15) is 0 Å². The molecule has 0 radical (unpaired) electrons. The second-order valence-corrected chi connectivity index (χ2v) is 8.98. The van der Waals surface area contributed by atoms with Crippen LogP contribution in [-0.2, 0) is 16.6 Å². The molecule has 9 nitrogen and oxygen atoms in total. The van der Waals surface area contributed by atoms with Crippen molar-refractivity contribution in [2.24, 2.45) is 7.05 Å². The molecule has 3 rings (SSSR count). The summed E-state index contributed by atoms with van der Waals surface area (Å²) in [4.78, 5) is 39.2. The summed E-state index contributed by atoms with van der Waals surface area (Å²) in [5.74, 6) is -0.452. The molecule has 0 fully saturated rings. The highest BCUT2D eigenvalue weighted by atomic mass is 32.2. The molecule has 11 heteroatoms. The van der Waals surface area contributed by atoms with Crippen molar-refractivity contribution in [1.29, 1.82) is 0 Å². The van der Waals surface area contributed by atoms with E-state index in [1.54, 1.807) is 21.0 Å². The second-order valence-electron chi connectivity index (χ2n) is 7.02. The third-order valence-electron chi connectivity index (χ3n) is 4.59. The van der Waals surface area contributed by atoms with E-state index in [4.69, 9.17) is 4.74 Å². The molecule has 1 N–H and O–H groups in total. The Bertz CT molecular complexity index is 1150. The van der Waals surface area contributed by atoms with Gasteiger partial charge in [-0.3, -0.25) is 9.59 Å². The molecular weight excluding hydrogens is 450 g/mol. The summed E-state index contributed by atoms with van der Waals surface area (Å²) in [6, 6.07) is 9.63. The van der Waals surface area contributed by atoms with Crippen molar-refractivity contribution >= 4 is 45.9 Å². The lowest BCUT2D eigenvalue weighted by Gasteiger charge is -2.08. The zero-order chi connectivity index (χ0) is 23.4. The predicted octanol–water partition coefficient (Wildman–Crippen LogP) is 3.07. The number of aromatic nitrogens is 3. The maximum atomic E-state index is 12.6. The van der Waals surface area contributed by atoms with Gasteiger partial charge in [-0.05, 0) is 12.5 Å². The van der Waals surface area contributed by atoms with Crippen LogP contribution in [0.2, 0.25) is 0 Å². The normalized spacial score (nSPS) is 10.7. The Morgan fingerprint density at radius 2 is 1.88 bits per heavy atom. The highest BCUT2D eigenvalue weighted by molar-refractivity contribution is 7.99. The van der Waals surface area contributed by atoms with Gasteiger partial charge in [0.15, 0.2) is 11.0 Å². The Labute approximate surface area is 193 Å². The maximum absolute atomic E-state index is 12.6. The number of nitrogens with one attached hydrogen (secondary N) is 1. The summed E-state index contributed by atoms with van der Waals surface area (Å²) in [6.45, 7) is 1.66. The van der Waals surface area contributed by atoms with Crippen molar-refractivity contribution in [3.05, 3.63) is 46.3 Å². The minimum absolute atomic E-state index is 0.0509. The number of anilines is 1. The van der Waals surface area contributed by atoms with E-state index in [-0.39, 0.29) is 28.1 Å². The molecule has 2 amide bonds. The lowest BCUT2D eigenvalue weighted by atomic mass is 10.1. The molecule has 2 aromatic heterocycles. The SMILES string of the molecule is COC(=O)c1c(NC(=O)CSc2nnc(-c3ccccc3)n2C)sc(C(=O)N(C)C)c1C. The average molecular weight is 474 g/mol. The van der Waals surface area contributed by atoms with Crippen LogP contribution in [0.3, 0.4) is 0 Å². The van der Waals surface area contributed by atoms with Gasteiger partial charge in [-0.25, -0.2) is 4.79 Å². The number of esters is 1. The van der Waals surface area contributed by atoms with Crippen molar-refractivity contribution in [2.75, 3.05) is 32.3 Å². The third-order valence-corrected chi connectivity index (χ3v) is 6.80. The Morgan fingerprint density at radius 3 is 2.50 bits per heavy atom. The first-order valence-corrected chi connectivity index (χ1v) is 11.4. The summed E-state index contributed by atoms with van der Waals surface area (Å²) in [5, 5.41) is 12.0. The lowest BCUT2D eigenvalue weighted by Crippen LogP contribution is -2.21. The van der Waals surface area contributed by atoms with Crippen LogP contribution in [0.25, 0.3) is 11.4 Å². The Kier molecular flexibility index (Phi) is 7.31. The lowest BCUT2D eigenvalue weighted by molar-refractivity contribution is -0.113. The number of nitrogens with zero attached hydrogens (tertiary/aromatic N) is 4. The molecule has 168 valence electrons. The van der Waals surface area contributed by atoms with E-state index in [9.17, 15) is 14.4 Å². The highest BCUT2D eigenvalue weighted by Gasteiger charge is 2.27. The average Bonchev–Trinajstić information content (AvgIpc) is 3.31. The molecule has 32 heavy (non-hydrogen) atoms. The van der Waals surface area contributed by atoms with Crippen LogP contribution < -0.4 is 5.32 Å². The van der Waals surface area contributed by atoms with Crippen molar-refractivity contribution in [3.63, 3.8) is 0 Å². The van der Waals surface area contributed by atoms with Gasteiger partial charge in [0, 0.05) is 26.7 Å². The van der Waals surface area contributed by atoms with Crippen LogP contribution in [0.4, 0.5) is 5.00 Å². The first-order chi connectivity index (χ1) is 15.2. The van der Waals surface area contributed by atoms with Crippen LogP contribution in [0.1, 0.15) is 25.6 Å². The molecule has 0 spiro atoms. The van der Waals surface area contributed by atoms with Gasteiger partial charge in [0.25, 0.3) is 5.91 Å². The Morgan fingerprint density at radius 1 is 1.19 bits per heavy atom. The number of carbonyl (C=O) groups is 3. The summed E-state index contributed by atoms with van der Waals surface area (Å²) in [5.41, 5.74) is 1.59. The van der Waals surface area contributed by atoms with Gasteiger partial charge in [0.05, 0.1) is 23.3 Å². The van der Waals surface area contributed by atoms with E-state index in [1.807, 2.05) is 41.9 Å². The summed E-state index contributed by atoms with van der Waals surface area (Å²) >= 11 is 2.28. The zero-order valence-corrected chi connectivity index (χ0v) is 20.0. The molecule has 0 saturated heterocycles. The molecule has 0 bridgehead atoms.